The van der Waals surface area contributed by atoms with Crippen LogP contribution in [0.5, 0.6) is 0 Å². The van der Waals surface area contributed by atoms with Crippen LogP contribution in [-0.2, 0) is 14.8 Å². The summed E-state index contributed by atoms with van der Waals surface area (Å²) in [6.07, 6.45) is 9.58. The molecule has 4 aromatic rings. The van der Waals surface area contributed by atoms with Gasteiger partial charge in [0.1, 0.15) is 17.0 Å². The average Bonchev–Trinajstić information content (AvgIpc) is 2.90. The Bertz CT molecular complexity index is 1450. The molecule has 4 N–H and O–H groups in total. The highest BCUT2D eigenvalue weighted by atomic mass is 32.2. The Balaban J connectivity index is 1.54. The Morgan fingerprint density at radius 1 is 0.861 bits per heavy atom. The first-order chi connectivity index (χ1) is 17.5. The lowest BCUT2D eigenvalue weighted by atomic mass is 9.98. The number of carbonyl (C=O) groups is 1. The number of rotatable bonds is 12. The number of sulfonamides is 1. The summed E-state index contributed by atoms with van der Waals surface area (Å²) in [5.74, 6) is -0.0573. The number of pyridine rings is 3. The number of benzene rings is 1. The molecule has 9 nitrogen and oxygen atoms in total. The summed E-state index contributed by atoms with van der Waals surface area (Å²) in [4.78, 5) is 23.0. The molecule has 1 aromatic carbocycles. The molecule has 0 saturated carbocycles. The number of aldehydes is 1. The molecule has 10 heteroatoms. The summed E-state index contributed by atoms with van der Waals surface area (Å²) in [5.41, 5.74) is 10.2. The molecular formula is C26H28N6O3S. The van der Waals surface area contributed by atoms with E-state index >= 15 is 0 Å². The summed E-state index contributed by atoms with van der Waals surface area (Å²) in [5, 5.41) is 4.11. The van der Waals surface area contributed by atoms with E-state index < -0.39 is 10.0 Å². The number of nitrogen functional groups attached to an aromatic ring is 1. The van der Waals surface area contributed by atoms with Crippen molar-refractivity contribution < 1.29 is 13.2 Å². The Hall–Kier alpha value is -3.73. The van der Waals surface area contributed by atoms with Crippen molar-refractivity contribution in [3.05, 3.63) is 67.3 Å². The predicted molar refractivity (Wildman–Crippen MR) is 141 cm³/mol. The van der Waals surface area contributed by atoms with Crippen LogP contribution < -0.4 is 15.8 Å². The molecule has 186 valence electrons. The topological polar surface area (TPSA) is 140 Å². The normalized spacial score (nSPS) is 11.6. The fraction of sp³-hybridized carbons (Fsp3) is 0.231. The van der Waals surface area contributed by atoms with Crippen molar-refractivity contribution in [2.75, 3.05) is 25.4 Å². The molecule has 0 amide bonds. The minimum absolute atomic E-state index is 0.0559. The van der Waals surface area contributed by atoms with Crippen LogP contribution in [0.25, 0.3) is 33.2 Å². The molecule has 3 aromatic heterocycles. The maximum absolute atomic E-state index is 13.0. The highest BCUT2D eigenvalue weighted by molar-refractivity contribution is 7.89. The zero-order chi connectivity index (χ0) is 25.4. The van der Waals surface area contributed by atoms with Crippen molar-refractivity contribution in [2.24, 2.45) is 0 Å². The minimum Gasteiger partial charge on any atom is -0.383 e. The maximum atomic E-state index is 13.0. The summed E-state index contributed by atoms with van der Waals surface area (Å²) in [7, 11) is -3.85. The smallest absolute Gasteiger partial charge is 0.244 e. The van der Waals surface area contributed by atoms with Crippen molar-refractivity contribution in [2.45, 2.75) is 24.2 Å². The van der Waals surface area contributed by atoms with E-state index in [9.17, 15) is 13.2 Å². The van der Waals surface area contributed by atoms with Crippen LogP contribution >= 0.6 is 0 Å². The van der Waals surface area contributed by atoms with Gasteiger partial charge in [-0.05, 0) is 79.0 Å². The highest BCUT2D eigenvalue weighted by Gasteiger charge is 2.19. The SMILES string of the molecule is Nc1ncc(-c2ccc3nccc(-c4ccncc4)c3c2)cc1S(=O)(=O)NCCCNCCCC=O. The van der Waals surface area contributed by atoms with Crippen LogP contribution in [0.4, 0.5) is 5.82 Å². The molecule has 3 heterocycles. The van der Waals surface area contributed by atoms with Crippen molar-refractivity contribution in [3.63, 3.8) is 0 Å². The number of nitrogens with one attached hydrogen (secondary N) is 2. The van der Waals surface area contributed by atoms with Gasteiger partial charge in [0.05, 0.1) is 5.52 Å². The lowest BCUT2D eigenvalue weighted by Gasteiger charge is -2.12. The number of unbranched alkanes of at least 4 members (excludes halogenated alkanes) is 1. The van der Waals surface area contributed by atoms with Gasteiger partial charge in [0.2, 0.25) is 10.0 Å². The van der Waals surface area contributed by atoms with Gasteiger partial charge in [-0.1, -0.05) is 6.07 Å². The number of aromatic nitrogens is 3. The molecule has 0 fully saturated rings. The quantitative estimate of drug-likeness (QED) is 0.197. The predicted octanol–water partition coefficient (Wildman–Crippen LogP) is 3.18. The molecule has 4 rings (SSSR count). The van der Waals surface area contributed by atoms with E-state index in [0.29, 0.717) is 31.5 Å². The van der Waals surface area contributed by atoms with E-state index in [0.717, 1.165) is 40.3 Å². The van der Waals surface area contributed by atoms with E-state index in [1.807, 2.05) is 36.4 Å². The van der Waals surface area contributed by atoms with E-state index in [1.54, 1.807) is 30.9 Å². The fourth-order valence-electron chi connectivity index (χ4n) is 3.87. The van der Waals surface area contributed by atoms with Gasteiger partial charge in [0, 0.05) is 48.7 Å². The maximum Gasteiger partial charge on any atom is 0.244 e. The highest BCUT2D eigenvalue weighted by Crippen LogP contribution is 2.32. The van der Waals surface area contributed by atoms with Crippen LogP contribution in [0.15, 0.2) is 72.1 Å². The fourth-order valence-corrected chi connectivity index (χ4v) is 5.05. The summed E-state index contributed by atoms with van der Waals surface area (Å²) in [6, 6.07) is 13.1. The summed E-state index contributed by atoms with van der Waals surface area (Å²) in [6.45, 7) is 1.61. The minimum atomic E-state index is -3.85. The van der Waals surface area contributed by atoms with Gasteiger partial charge >= 0.3 is 0 Å². The van der Waals surface area contributed by atoms with Crippen LogP contribution in [0, 0.1) is 0 Å². The zero-order valence-electron chi connectivity index (χ0n) is 19.7. The average molecular weight is 505 g/mol. The standard InChI is InChI=1S/C26H28N6O3S/c27-26-25(36(34,35)32-11-3-10-28-9-1-2-15-33)17-21(18-31-26)20-4-5-24-23(16-20)22(8-14-30-24)19-6-12-29-13-7-19/h4-8,12-18,28,32H,1-3,9-11H2,(H2,27,31). The number of nitrogens with two attached hydrogens (primary N) is 1. The third-order valence-corrected chi connectivity index (χ3v) is 7.23. The van der Waals surface area contributed by atoms with Gasteiger partial charge in [-0.25, -0.2) is 18.1 Å². The first-order valence-electron chi connectivity index (χ1n) is 11.7. The van der Waals surface area contributed by atoms with Gasteiger partial charge in [-0.2, -0.15) is 0 Å². The van der Waals surface area contributed by atoms with Crippen molar-refractivity contribution in [1.29, 1.82) is 0 Å². The second-order valence-electron chi connectivity index (χ2n) is 8.24. The Morgan fingerprint density at radius 3 is 2.47 bits per heavy atom. The van der Waals surface area contributed by atoms with Gasteiger partial charge in [0.25, 0.3) is 0 Å². The Labute approximate surface area is 210 Å². The molecule has 0 aliphatic carbocycles. The van der Waals surface area contributed by atoms with Gasteiger partial charge < -0.3 is 15.8 Å². The van der Waals surface area contributed by atoms with Crippen LogP contribution in [-0.4, -0.2) is 49.3 Å². The largest absolute Gasteiger partial charge is 0.383 e. The third-order valence-electron chi connectivity index (χ3n) is 5.74. The van der Waals surface area contributed by atoms with E-state index in [2.05, 4.69) is 25.0 Å². The lowest BCUT2D eigenvalue weighted by Crippen LogP contribution is -2.28. The monoisotopic (exact) mass is 504 g/mol. The molecule has 0 spiro atoms. The van der Waals surface area contributed by atoms with Crippen molar-refractivity contribution in [3.8, 4) is 22.3 Å². The molecule has 0 unspecified atom stereocenters. The number of fused-ring (bicyclic) bond motifs is 1. The zero-order valence-corrected chi connectivity index (χ0v) is 20.5. The van der Waals surface area contributed by atoms with E-state index in [4.69, 9.17) is 5.73 Å². The summed E-state index contributed by atoms with van der Waals surface area (Å²) < 4.78 is 28.5. The molecule has 0 atom stereocenters. The number of hydrogen-bond acceptors (Lipinski definition) is 8. The lowest BCUT2D eigenvalue weighted by molar-refractivity contribution is -0.107. The Kier molecular flexibility index (Phi) is 8.32. The van der Waals surface area contributed by atoms with Crippen LogP contribution in [0.2, 0.25) is 0 Å². The molecule has 0 bridgehead atoms. The second kappa shape index (κ2) is 11.8. The van der Waals surface area contributed by atoms with Crippen molar-refractivity contribution >= 4 is 33.0 Å². The molecule has 36 heavy (non-hydrogen) atoms. The first kappa shape index (κ1) is 25.4. The van der Waals surface area contributed by atoms with E-state index in [-0.39, 0.29) is 17.3 Å². The Morgan fingerprint density at radius 2 is 1.67 bits per heavy atom. The molecule has 0 saturated heterocycles. The van der Waals surface area contributed by atoms with Crippen LogP contribution in [0.1, 0.15) is 19.3 Å². The molecule has 0 aliphatic heterocycles. The second-order valence-corrected chi connectivity index (χ2v) is 9.98. The number of anilines is 1. The van der Waals surface area contributed by atoms with Gasteiger partial charge in [-0.15, -0.1) is 0 Å². The van der Waals surface area contributed by atoms with Crippen molar-refractivity contribution in [1.82, 2.24) is 25.0 Å². The first-order valence-corrected chi connectivity index (χ1v) is 13.2. The summed E-state index contributed by atoms with van der Waals surface area (Å²) >= 11 is 0. The van der Waals surface area contributed by atoms with E-state index in [1.165, 1.54) is 0 Å². The number of carbonyl (C=O) groups excluding carboxylic acids is 1. The molecule has 0 radical (unpaired) electrons. The molecular weight excluding hydrogens is 476 g/mol. The van der Waals surface area contributed by atoms with Gasteiger partial charge in [0.15, 0.2) is 0 Å². The van der Waals surface area contributed by atoms with Crippen LogP contribution in [0.3, 0.4) is 0 Å². The number of nitrogens with zero attached hydrogens (tertiary/aromatic N) is 3. The third kappa shape index (κ3) is 6.09. The van der Waals surface area contributed by atoms with Gasteiger partial charge in [-0.3, -0.25) is 9.97 Å². The number of hydrogen-bond donors (Lipinski definition) is 3. The molecule has 0 aliphatic rings.